The number of carbonyl (C=O) groups is 1. The smallest absolute Gasteiger partial charge is 0.239 e. The maximum atomic E-state index is 12.7. The standard InChI is InChI=1S/C20H25N3O/c1-16(23-14-10-18-5-3-4-6-19(18)15-23)20(24)22(2)13-9-17-7-11-21-12-8-17/h3-8,11-12,16H,9-10,13-15H2,1-2H3. The molecule has 3 rings (SSSR count). The van der Waals surface area contributed by atoms with Gasteiger partial charge < -0.3 is 4.90 Å². The second-order valence-electron chi connectivity index (χ2n) is 6.53. The Morgan fingerprint density at radius 3 is 2.67 bits per heavy atom. The Balaban J connectivity index is 1.56. The van der Waals surface area contributed by atoms with Crippen LogP contribution in [0.4, 0.5) is 0 Å². The van der Waals surface area contributed by atoms with Gasteiger partial charge in [0.25, 0.3) is 0 Å². The molecule has 1 aliphatic heterocycles. The van der Waals surface area contributed by atoms with Crippen LogP contribution in [-0.2, 0) is 24.2 Å². The normalized spacial score (nSPS) is 15.6. The van der Waals surface area contributed by atoms with Crippen molar-refractivity contribution in [1.29, 1.82) is 0 Å². The molecule has 2 heterocycles. The predicted molar refractivity (Wildman–Crippen MR) is 95.6 cm³/mol. The minimum absolute atomic E-state index is 0.0826. The van der Waals surface area contributed by atoms with Crippen LogP contribution in [0.1, 0.15) is 23.6 Å². The van der Waals surface area contributed by atoms with Gasteiger partial charge in [-0.15, -0.1) is 0 Å². The van der Waals surface area contributed by atoms with Gasteiger partial charge in [0.05, 0.1) is 6.04 Å². The van der Waals surface area contributed by atoms with Gasteiger partial charge in [-0.25, -0.2) is 0 Å². The Bertz CT molecular complexity index is 686. The van der Waals surface area contributed by atoms with E-state index >= 15 is 0 Å². The highest BCUT2D eigenvalue weighted by Gasteiger charge is 2.26. The van der Waals surface area contributed by atoms with Gasteiger partial charge in [0.15, 0.2) is 0 Å². The summed E-state index contributed by atoms with van der Waals surface area (Å²) in [6.07, 6.45) is 5.48. The number of likely N-dealkylation sites (N-methyl/N-ethyl adjacent to an activating group) is 1. The number of hydrogen-bond acceptors (Lipinski definition) is 3. The molecule has 126 valence electrons. The number of benzene rings is 1. The van der Waals surface area contributed by atoms with Crippen molar-refractivity contribution in [3.63, 3.8) is 0 Å². The van der Waals surface area contributed by atoms with Crippen molar-refractivity contribution in [2.75, 3.05) is 20.1 Å². The van der Waals surface area contributed by atoms with Crippen LogP contribution in [0.5, 0.6) is 0 Å². The van der Waals surface area contributed by atoms with Crippen molar-refractivity contribution in [3.8, 4) is 0 Å². The summed E-state index contributed by atoms with van der Waals surface area (Å²) in [5.74, 6) is 0.198. The lowest BCUT2D eigenvalue weighted by atomic mass is 9.98. The summed E-state index contributed by atoms with van der Waals surface area (Å²) in [6, 6.07) is 12.5. The van der Waals surface area contributed by atoms with Crippen molar-refractivity contribution in [2.24, 2.45) is 0 Å². The fourth-order valence-electron chi connectivity index (χ4n) is 3.28. The molecule has 1 amide bonds. The summed E-state index contributed by atoms with van der Waals surface area (Å²) >= 11 is 0. The fourth-order valence-corrected chi connectivity index (χ4v) is 3.28. The Kier molecular flexibility index (Phi) is 5.26. The quantitative estimate of drug-likeness (QED) is 0.848. The van der Waals surface area contributed by atoms with Crippen LogP contribution >= 0.6 is 0 Å². The number of fused-ring (bicyclic) bond motifs is 1. The summed E-state index contributed by atoms with van der Waals surface area (Å²) in [6.45, 7) is 4.57. The van der Waals surface area contributed by atoms with Crippen LogP contribution in [0, 0.1) is 0 Å². The highest BCUT2D eigenvalue weighted by atomic mass is 16.2. The van der Waals surface area contributed by atoms with Gasteiger partial charge in [0, 0.05) is 39.1 Å². The molecule has 0 bridgehead atoms. The molecule has 0 spiro atoms. The summed E-state index contributed by atoms with van der Waals surface area (Å²) in [5.41, 5.74) is 3.98. The van der Waals surface area contributed by atoms with E-state index in [-0.39, 0.29) is 11.9 Å². The third-order valence-electron chi connectivity index (χ3n) is 4.93. The van der Waals surface area contributed by atoms with E-state index in [0.29, 0.717) is 0 Å². The van der Waals surface area contributed by atoms with E-state index in [4.69, 9.17) is 0 Å². The average Bonchev–Trinajstić information content (AvgIpc) is 2.65. The van der Waals surface area contributed by atoms with Crippen molar-refractivity contribution in [1.82, 2.24) is 14.8 Å². The van der Waals surface area contributed by atoms with E-state index in [1.165, 1.54) is 16.7 Å². The highest BCUT2D eigenvalue weighted by molar-refractivity contribution is 5.81. The molecule has 0 saturated carbocycles. The molecule has 1 aliphatic rings. The van der Waals surface area contributed by atoms with Gasteiger partial charge in [-0.3, -0.25) is 14.7 Å². The monoisotopic (exact) mass is 323 g/mol. The number of nitrogens with zero attached hydrogens (tertiary/aromatic N) is 3. The first-order valence-corrected chi connectivity index (χ1v) is 8.60. The van der Waals surface area contributed by atoms with E-state index < -0.39 is 0 Å². The molecular weight excluding hydrogens is 298 g/mol. The molecule has 1 aromatic carbocycles. The maximum Gasteiger partial charge on any atom is 0.239 e. The summed E-state index contributed by atoms with van der Waals surface area (Å²) in [4.78, 5) is 20.9. The molecule has 4 heteroatoms. The molecule has 0 saturated heterocycles. The average molecular weight is 323 g/mol. The van der Waals surface area contributed by atoms with Crippen LogP contribution in [-0.4, -0.2) is 46.9 Å². The first-order chi connectivity index (χ1) is 11.6. The molecule has 1 aromatic heterocycles. The van der Waals surface area contributed by atoms with Gasteiger partial charge in [-0.2, -0.15) is 0 Å². The van der Waals surface area contributed by atoms with Gasteiger partial charge >= 0.3 is 0 Å². The number of carbonyl (C=O) groups excluding carboxylic acids is 1. The Hall–Kier alpha value is -2.20. The number of rotatable bonds is 5. The first kappa shape index (κ1) is 16.7. The Morgan fingerprint density at radius 2 is 1.92 bits per heavy atom. The predicted octanol–water partition coefficient (Wildman–Crippen LogP) is 2.53. The molecule has 1 unspecified atom stereocenters. The Morgan fingerprint density at radius 1 is 1.21 bits per heavy atom. The molecule has 0 aliphatic carbocycles. The van der Waals surface area contributed by atoms with E-state index in [1.807, 2.05) is 31.0 Å². The molecular formula is C20H25N3O. The molecule has 2 aromatic rings. The summed E-state index contributed by atoms with van der Waals surface area (Å²) in [7, 11) is 1.90. The molecule has 4 nitrogen and oxygen atoms in total. The van der Waals surface area contributed by atoms with E-state index in [1.54, 1.807) is 12.4 Å². The zero-order valence-corrected chi connectivity index (χ0v) is 14.5. The van der Waals surface area contributed by atoms with Crippen LogP contribution in [0.2, 0.25) is 0 Å². The third-order valence-corrected chi connectivity index (χ3v) is 4.93. The van der Waals surface area contributed by atoms with Gasteiger partial charge in [-0.05, 0) is 48.6 Å². The molecule has 24 heavy (non-hydrogen) atoms. The first-order valence-electron chi connectivity index (χ1n) is 8.60. The lowest BCUT2D eigenvalue weighted by Gasteiger charge is -2.34. The van der Waals surface area contributed by atoms with Gasteiger partial charge in [-0.1, -0.05) is 24.3 Å². The van der Waals surface area contributed by atoms with E-state index in [0.717, 1.165) is 32.5 Å². The molecule has 0 fully saturated rings. The maximum absolute atomic E-state index is 12.7. The van der Waals surface area contributed by atoms with Gasteiger partial charge in [0.1, 0.15) is 0 Å². The zero-order chi connectivity index (χ0) is 16.9. The van der Waals surface area contributed by atoms with Crippen LogP contribution in [0.15, 0.2) is 48.8 Å². The number of hydrogen-bond donors (Lipinski definition) is 0. The summed E-state index contributed by atoms with van der Waals surface area (Å²) in [5, 5.41) is 0. The topological polar surface area (TPSA) is 36.4 Å². The third kappa shape index (κ3) is 3.82. The van der Waals surface area contributed by atoms with Crippen molar-refractivity contribution < 1.29 is 4.79 Å². The number of pyridine rings is 1. The fraction of sp³-hybridized carbons (Fsp3) is 0.400. The minimum Gasteiger partial charge on any atom is -0.344 e. The van der Waals surface area contributed by atoms with Crippen molar-refractivity contribution in [3.05, 3.63) is 65.5 Å². The van der Waals surface area contributed by atoms with Crippen LogP contribution in [0.25, 0.3) is 0 Å². The zero-order valence-electron chi connectivity index (χ0n) is 14.5. The second kappa shape index (κ2) is 7.58. The molecule has 1 atom stereocenters. The van der Waals surface area contributed by atoms with Crippen LogP contribution < -0.4 is 0 Å². The largest absolute Gasteiger partial charge is 0.344 e. The molecule has 0 N–H and O–H groups in total. The lowest BCUT2D eigenvalue weighted by Crippen LogP contribution is -2.47. The Labute approximate surface area is 144 Å². The van der Waals surface area contributed by atoms with E-state index in [9.17, 15) is 4.79 Å². The minimum atomic E-state index is -0.0826. The van der Waals surface area contributed by atoms with Crippen molar-refractivity contribution in [2.45, 2.75) is 32.4 Å². The van der Waals surface area contributed by atoms with Crippen molar-refractivity contribution >= 4 is 5.91 Å². The van der Waals surface area contributed by atoms with Gasteiger partial charge in [0.2, 0.25) is 5.91 Å². The number of aromatic nitrogens is 1. The van der Waals surface area contributed by atoms with Crippen LogP contribution in [0.3, 0.4) is 0 Å². The summed E-state index contributed by atoms with van der Waals surface area (Å²) < 4.78 is 0. The number of amides is 1. The SMILES string of the molecule is CC(C(=O)N(C)CCc1ccncc1)N1CCc2ccccc2C1. The highest BCUT2D eigenvalue weighted by Crippen LogP contribution is 2.20. The second-order valence-corrected chi connectivity index (χ2v) is 6.53. The lowest BCUT2D eigenvalue weighted by molar-refractivity contribution is -0.135. The molecule has 0 radical (unpaired) electrons. The van der Waals surface area contributed by atoms with E-state index in [2.05, 4.69) is 34.1 Å².